The molecule has 21 heavy (non-hydrogen) atoms. The summed E-state index contributed by atoms with van der Waals surface area (Å²) in [6.07, 6.45) is 0.779. The minimum absolute atomic E-state index is 0.0632. The van der Waals surface area contributed by atoms with Crippen LogP contribution in [-0.2, 0) is 13.0 Å². The Morgan fingerprint density at radius 2 is 1.95 bits per heavy atom. The van der Waals surface area contributed by atoms with Crippen LogP contribution in [0.4, 0.5) is 0 Å². The van der Waals surface area contributed by atoms with Crippen LogP contribution in [0.25, 0.3) is 0 Å². The fraction of sp³-hybridized carbons (Fsp3) is 0.222. The topological polar surface area (TPSA) is 50.1 Å². The monoisotopic (exact) mass is 279 g/mol. The lowest BCUT2D eigenvalue weighted by molar-refractivity contribution is 0.101. The zero-order chi connectivity index (χ0) is 15.2. The van der Waals surface area contributed by atoms with E-state index in [1.165, 1.54) is 0 Å². The van der Waals surface area contributed by atoms with Gasteiger partial charge in [-0.15, -0.1) is 0 Å². The lowest BCUT2D eigenvalue weighted by Gasteiger charge is -2.11. The van der Waals surface area contributed by atoms with Gasteiger partial charge in [-0.05, 0) is 43.2 Å². The summed E-state index contributed by atoms with van der Waals surface area (Å²) in [6, 6.07) is 15.0. The normalized spacial score (nSPS) is 9.95. The fourth-order valence-corrected chi connectivity index (χ4v) is 2.21. The van der Waals surface area contributed by atoms with Gasteiger partial charge in [-0.25, -0.2) is 0 Å². The second-order valence-corrected chi connectivity index (χ2v) is 4.79. The van der Waals surface area contributed by atoms with Gasteiger partial charge in [-0.3, -0.25) is 4.79 Å². The summed E-state index contributed by atoms with van der Waals surface area (Å²) < 4.78 is 5.75. The maximum absolute atomic E-state index is 11.5. The van der Waals surface area contributed by atoms with E-state index in [-0.39, 0.29) is 5.78 Å². The summed E-state index contributed by atoms with van der Waals surface area (Å²) in [7, 11) is 0. The smallest absolute Gasteiger partial charge is 0.160 e. The van der Waals surface area contributed by atoms with Crippen molar-refractivity contribution in [1.82, 2.24) is 0 Å². The minimum atomic E-state index is 0.0632. The van der Waals surface area contributed by atoms with Gasteiger partial charge in [-0.2, -0.15) is 5.26 Å². The molecule has 0 saturated heterocycles. The number of nitriles is 1. The van der Waals surface area contributed by atoms with Gasteiger partial charge in [0, 0.05) is 11.1 Å². The van der Waals surface area contributed by atoms with Gasteiger partial charge >= 0.3 is 0 Å². The van der Waals surface area contributed by atoms with Crippen LogP contribution < -0.4 is 4.74 Å². The first-order valence-corrected chi connectivity index (χ1v) is 6.90. The molecule has 0 spiro atoms. The molecule has 0 amide bonds. The standard InChI is InChI=1S/C18H17NO2/c1-3-14-10-17(8-9-18(14)13(2)20)21-12-16-7-5-4-6-15(16)11-19/h4-10H,3,12H2,1-2H3. The average molecular weight is 279 g/mol. The number of hydrogen-bond acceptors (Lipinski definition) is 3. The van der Waals surface area contributed by atoms with Crippen LogP contribution in [0.3, 0.4) is 0 Å². The largest absolute Gasteiger partial charge is 0.489 e. The van der Waals surface area contributed by atoms with E-state index in [4.69, 9.17) is 10.00 Å². The number of Topliss-reactive ketones (excluding diaryl/α,β-unsaturated/α-hetero) is 1. The highest BCUT2D eigenvalue weighted by molar-refractivity contribution is 5.95. The summed E-state index contributed by atoms with van der Waals surface area (Å²) in [5, 5.41) is 9.05. The van der Waals surface area contributed by atoms with Gasteiger partial charge in [0.2, 0.25) is 0 Å². The van der Waals surface area contributed by atoms with Crippen molar-refractivity contribution in [3.63, 3.8) is 0 Å². The number of hydrogen-bond donors (Lipinski definition) is 0. The molecule has 2 aromatic carbocycles. The molecule has 0 N–H and O–H groups in total. The fourth-order valence-electron chi connectivity index (χ4n) is 2.21. The van der Waals surface area contributed by atoms with E-state index in [1.54, 1.807) is 25.1 Å². The molecule has 3 heteroatoms. The van der Waals surface area contributed by atoms with Crippen LogP contribution in [0.2, 0.25) is 0 Å². The molecule has 0 bridgehead atoms. The Balaban J connectivity index is 2.17. The van der Waals surface area contributed by atoms with Crippen molar-refractivity contribution >= 4 is 5.78 Å². The number of ketones is 1. The molecule has 2 aromatic rings. The number of rotatable bonds is 5. The molecular weight excluding hydrogens is 262 g/mol. The molecule has 0 saturated carbocycles. The van der Waals surface area contributed by atoms with Gasteiger partial charge in [0.05, 0.1) is 11.6 Å². The highest BCUT2D eigenvalue weighted by atomic mass is 16.5. The number of nitrogens with zero attached hydrogens (tertiary/aromatic N) is 1. The van der Waals surface area contributed by atoms with Crippen LogP contribution in [0, 0.1) is 11.3 Å². The lowest BCUT2D eigenvalue weighted by Crippen LogP contribution is -2.02. The Morgan fingerprint density at radius 1 is 1.19 bits per heavy atom. The average Bonchev–Trinajstić information content (AvgIpc) is 2.52. The van der Waals surface area contributed by atoms with E-state index in [9.17, 15) is 4.79 Å². The van der Waals surface area contributed by atoms with E-state index in [1.807, 2.05) is 31.2 Å². The first-order chi connectivity index (χ1) is 10.2. The van der Waals surface area contributed by atoms with Crippen LogP contribution in [0.15, 0.2) is 42.5 Å². The van der Waals surface area contributed by atoms with Gasteiger partial charge in [0.1, 0.15) is 12.4 Å². The molecule has 0 fully saturated rings. The number of ether oxygens (including phenoxy) is 1. The molecule has 0 atom stereocenters. The van der Waals surface area contributed by atoms with Crippen molar-refractivity contribution in [2.75, 3.05) is 0 Å². The molecule has 0 aliphatic rings. The second-order valence-electron chi connectivity index (χ2n) is 4.79. The summed E-state index contributed by atoms with van der Waals surface area (Å²) in [6.45, 7) is 3.92. The van der Waals surface area contributed by atoms with Crippen molar-refractivity contribution in [3.05, 3.63) is 64.7 Å². The van der Waals surface area contributed by atoms with E-state index in [0.717, 1.165) is 23.1 Å². The third kappa shape index (κ3) is 3.49. The Bertz CT molecular complexity index is 699. The van der Waals surface area contributed by atoms with Crippen LogP contribution in [0.5, 0.6) is 5.75 Å². The van der Waals surface area contributed by atoms with E-state index in [0.29, 0.717) is 17.9 Å². The van der Waals surface area contributed by atoms with Crippen molar-refractivity contribution in [3.8, 4) is 11.8 Å². The molecule has 0 aliphatic carbocycles. The molecular formula is C18H17NO2. The first-order valence-electron chi connectivity index (χ1n) is 6.90. The Morgan fingerprint density at radius 3 is 2.62 bits per heavy atom. The van der Waals surface area contributed by atoms with Crippen molar-refractivity contribution < 1.29 is 9.53 Å². The van der Waals surface area contributed by atoms with E-state index in [2.05, 4.69) is 6.07 Å². The van der Waals surface area contributed by atoms with Gasteiger partial charge in [-0.1, -0.05) is 25.1 Å². The number of carbonyl (C=O) groups excluding carboxylic acids is 1. The molecule has 0 heterocycles. The summed E-state index contributed by atoms with van der Waals surface area (Å²) >= 11 is 0. The second kappa shape index (κ2) is 6.71. The summed E-state index contributed by atoms with van der Waals surface area (Å²) in [5.41, 5.74) is 3.19. The van der Waals surface area contributed by atoms with Gasteiger partial charge in [0.25, 0.3) is 0 Å². The molecule has 0 unspecified atom stereocenters. The zero-order valence-electron chi connectivity index (χ0n) is 12.2. The Labute approximate surface area is 124 Å². The molecule has 0 radical (unpaired) electrons. The highest BCUT2D eigenvalue weighted by Crippen LogP contribution is 2.21. The van der Waals surface area contributed by atoms with Crippen molar-refractivity contribution in [2.45, 2.75) is 26.9 Å². The van der Waals surface area contributed by atoms with E-state index < -0.39 is 0 Å². The number of benzene rings is 2. The van der Waals surface area contributed by atoms with Gasteiger partial charge in [0.15, 0.2) is 5.78 Å². The zero-order valence-corrected chi connectivity index (χ0v) is 12.2. The maximum Gasteiger partial charge on any atom is 0.160 e. The third-order valence-electron chi connectivity index (χ3n) is 3.37. The number of carbonyl (C=O) groups is 1. The molecule has 0 aromatic heterocycles. The number of aryl methyl sites for hydroxylation is 1. The van der Waals surface area contributed by atoms with Crippen LogP contribution >= 0.6 is 0 Å². The summed E-state index contributed by atoms with van der Waals surface area (Å²) in [4.78, 5) is 11.5. The maximum atomic E-state index is 11.5. The Kier molecular flexibility index (Phi) is 4.73. The van der Waals surface area contributed by atoms with E-state index >= 15 is 0 Å². The van der Waals surface area contributed by atoms with Crippen LogP contribution in [0.1, 0.15) is 40.9 Å². The van der Waals surface area contributed by atoms with Crippen LogP contribution in [-0.4, -0.2) is 5.78 Å². The minimum Gasteiger partial charge on any atom is -0.489 e. The quantitative estimate of drug-likeness (QED) is 0.780. The van der Waals surface area contributed by atoms with Crippen molar-refractivity contribution in [2.24, 2.45) is 0 Å². The molecule has 106 valence electrons. The van der Waals surface area contributed by atoms with Crippen molar-refractivity contribution in [1.29, 1.82) is 5.26 Å². The highest BCUT2D eigenvalue weighted by Gasteiger charge is 2.08. The lowest BCUT2D eigenvalue weighted by atomic mass is 10.0. The SMILES string of the molecule is CCc1cc(OCc2ccccc2C#N)ccc1C(C)=O. The molecule has 0 aliphatic heterocycles. The molecule has 3 nitrogen and oxygen atoms in total. The molecule has 2 rings (SSSR count). The Hall–Kier alpha value is -2.60. The first kappa shape index (κ1) is 14.8. The third-order valence-corrected chi connectivity index (χ3v) is 3.37. The van der Waals surface area contributed by atoms with Gasteiger partial charge < -0.3 is 4.74 Å². The predicted molar refractivity (Wildman–Crippen MR) is 81.3 cm³/mol. The summed E-state index contributed by atoms with van der Waals surface area (Å²) in [5.74, 6) is 0.776. The predicted octanol–water partition coefficient (Wildman–Crippen LogP) is 3.90.